The van der Waals surface area contributed by atoms with Crippen LogP contribution in [0.5, 0.6) is 0 Å². The molecular formula is C13H26N2O3S. The third kappa shape index (κ3) is 4.45. The number of likely N-dealkylation sites (N-methyl/N-ethyl adjacent to an activating group) is 1. The summed E-state index contributed by atoms with van der Waals surface area (Å²) in [6, 6.07) is 0.302. The van der Waals surface area contributed by atoms with Gasteiger partial charge in [0.1, 0.15) is 0 Å². The molecule has 1 atom stereocenters. The van der Waals surface area contributed by atoms with Crippen molar-refractivity contribution in [3.05, 3.63) is 0 Å². The van der Waals surface area contributed by atoms with Crippen molar-refractivity contribution in [3.8, 4) is 0 Å². The summed E-state index contributed by atoms with van der Waals surface area (Å²) in [7, 11) is -1.06. The highest BCUT2D eigenvalue weighted by Crippen LogP contribution is 2.17. The lowest BCUT2D eigenvalue weighted by molar-refractivity contribution is -0.136. The van der Waals surface area contributed by atoms with E-state index in [4.69, 9.17) is 0 Å². The van der Waals surface area contributed by atoms with E-state index in [2.05, 4.69) is 0 Å². The molecule has 112 valence electrons. The first-order valence-electron chi connectivity index (χ1n) is 6.86. The second-order valence-electron chi connectivity index (χ2n) is 5.96. The Kier molecular flexibility index (Phi) is 5.38. The van der Waals surface area contributed by atoms with Gasteiger partial charge < -0.3 is 4.90 Å². The summed E-state index contributed by atoms with van der Waals surface area (Å²) in [5.74, 6) is 0.491. The van der Waals surface area contributed by atoms with Crippen LogP contribution in [0.25, 0.3) is 0 Å². The molecule has 6 heteroatoms. The van der Waals surface area contributed by atoms with E-state index in [1.54, 1.807) is 0 Å². The minimum absolute atomic E-state index is 0.0184. The van der Waals surface area contributed by atoms with Gasteiger partial charge in [-0.15, -0.1) is 0 Å². The predicted octanol–water partition coefficient (Wildman–Crippen LogP) is 0.751. The summed E-state index contributed by atoms with van der Waals surface area (Å²) < 4.78 is 22.9. The quantitative estimate of drug-likeness (QED) is 0.750. The van der Waals surface area contributed by atoms with Gasteiger partial charge in [0.05, 0.1) is 18.1 Å². The maximum absolute atomic E-state index is 12.3. The second kappa shape index (κ2) is 6.22. The molecular weight excluding hydrogens is 264 g/mol. The van der Waals surface area contributed by atoms with Crippen LogP contribution in [0.2, 0.25) is 0 Å². The van der Waals surface area contributed by atoms with Crippen molar-refractivity contribution in [3.63, 3.8) is 0 Å². The van der Waals surface area contributed by atoms with Crippen molar-refractivity contribution in [1.82, 2.24) is 9.80 Å². The van der Waals surface area contributed by atoms with Crippen molar-refractivity contribution in [2.45, 2.75) is 52.2 Å². The van der Waals surface area contributed by atoms with Crippen molar-refractivity contribution >= 4 is 15.7 Å². The number of carbonyl (C=O) groups excluding carboxylic acids is 1. The molecule has 0 bridgehead atoms. The third-order valence-electron chi connectivity index (χ3n) is 3.62. The summed E-state index contributed by atoms with van der Waals surface area (Å²) in [6.45, 7) is 8.28. The van der Waals surface area contributed by atoms with Crippen LogP contribution in [0, 0.1) is 0 Å². The fourth-order valence-electron chi connectivity index (χ4n) is 2.72. The zero-order valence-corrected chi connectivity index (χ0v) is 13.4. The molecule has 1 fully saturated rings. The van der Waals surface area contributed by atoms with Crippen LogP contribution in [0.15, 0.2) is 0 Å². The summed E-state index contributed by atoms with van der Waals surface area (Å²) in [5.41, 5.74) is 0. The Balaban J connectivity index is 2.61. The molecule has 19 heavy (non-hydrogen) atoms. The summed E-state index contributed by atoms with van der Waals surface area (Å²) in [4.78, 5) is 16.0. The van der Waals surface area contributed by atoms with E-state index in [0.29, 0.717) is 6.42 Å². The molecule has 5 nitrogen and oxygen atoms in total. The van der Waals surface area contributed by atoms with E-state index in [1.165, 1.54) is 0 Å². The van der Waals surface area contributed by atoms with Crippen molar-refractivity contribution in [1.29, 1.82) is 0 Å². The predicted molar refractivity (Wildman–Crippen MR) is 76.8 cm³/mol. The SMILES string of the molecule is CC(C)N(C(=O)CN(C)[C@H]1CCS(=O)(=O)C1)C(C)C. The molecule has 0 aromatic heterocycles. The Labute approximate surface area is 116 Å². The van der Waals surface area contributed by atoms with Gasteiger partial charge in [0.25, 0.3) is 0 Å². The zero-order chi connectivity index (χ0) is 14.8. The maximum Gasteiger partial charge on any atom is 0.237 e. The van der Waals surface area contributed by atoms with Gasteiger partial charge in [0.2, 0.25) is 5.91 Å². The number of nitrogens with zero attached hydrogens (tertiary/aromatic N) is 2. The number of amides is 1. The highest BCUT2D eigenvalue weighted by Gasteiger charge is 2.32. The van der Waals surface area contributed by atoms with E-state index in [1.807, 2.05) is 44.5 Å². The second-order valence-corrected chi connectivity index (χ2v) is 8.19. The molecule has 0 N–H and O–H groups in total. The molecule has 0 unspecified atom stereocenters. The van der Waals surface area contributed by atoms with Crippen LogP contribution in [0.4, 0.5) is 0 Å². The van der Waals surface area contributed by atoms with Crippen LogP contribution in [-0.4, -0.2) is 67.3 Å². The molecule has 1 rings (SSSR count). The fraction of sp³-hybridized carbons (Fsp3) is 0.923. The van der Waals surface area contributed by atoms with Gasteiger partial charge in [-0.3, -0.25) is 9.69 Å². The van der Waals surface area contributed by atoms with E-state index in [9.17, 15) is 13.2 Å². The minimum atomic E-state index is -2.90. The largest absolute Gasteiger partial charge is 0.337 e. The lowest BCUT2D eigenvalue weighted by Crippen LogP contribution is -2.48. The summed E-state index contributed by atoms with van der Waals surface area (Å²) in [6.07, 6.45) is 0.634. The number of hydrogen-bond acceptors (Lipinski definition) is 4. The van der Waals surface area contributed by atoms with Crippen molar-refractivity contribution < 1.29 is 13.2 Å². The highest BCUT2D eigenvalue weighted by atomic mass is 32.2. The van der Waals surface area contributed by atoms with Crippen molar-refractivity contribution in [2.75, 3.05) is 25.1 Å². The molecule has 0 saturated carbocycles. The first-order valence-corrected chi connectivity index (χ1v) is 8.68. The van der Waals surface area contributed by atoms with Crippen LogP contribution >= 0.6 is 0 Å². The molecule has 0 radical (unpaired) electrons. The first-order chi connectivity index (χ1) is 8.64. The van der Waals surface area contributed by atoms with Gasteiger partial charge >= 0.3 is 0 Å². The zero-order valence-electron chi connectivity index (χ0n) is 12.6. The number of carbonyl (C=O) groups is 1. The maximum atomic E-state index is 12.3. The van der Waals surface area contributed by atoms with E-state index in [0.717, 1.165) is 0 Å². The lowest BCUT2D eigenvalue weighted by Gasteiger charge is -2.33. The monoisotopic (exact) mass is 290 g/mol. The molecule has 1 amide bonds. The topological polar surface area (TPSA) is 57.7 Å². The van der Waals surface area contributed by atoms with Gasteiger partial charge in [-0.2, -0.15) is 0 Å². The molecule has 1 heterocycles. The average Bonchev–Trinajstić information content (AvgIpc) is 2.57. The molecule has 1 aliphatic heterocycles. The van der Waals surface area contributed by atoms with Gasteiger partial charge in [-0.05, 0) is 41.2 Å². The Hall–Kier alpha value is -0.620. The van der Waals surface area contributed by atoms with Gasteiger partial charge in [-0.25, -0.2) is 8.42 Å². The molecule has 0 spiro atoms. The Morgan fingerprint density at radius 1 is 1.21 bits per heavy atom. The Morgan fingerprint density at radius 2 is 1.74 bits per heavy atom. The molecule has 1 saturated heterocycles. The number of hydrogen-bond donors (Lipinski definition) is 0. The Bertz CT molecular complexity index is 410. The van der Waals surface area contributed by atoms with Gasteiger partial charge in [-0.1, -0.05) is 0 Å². The molecule has 0 aromatic carbocycles. The number of sulfone groups is 1. The first kappa shape index (κ1) is 16.4. The third-order valence-corrected chi connectivity index (χ3v) is 5.37. The summed E-state index contributed by atoms with van der Waals surface area (Å²) >= 11 is 0. The lowest BCUT2D eigenvalue weighted by atomic mass is 10.2. The van der Waals surface area contributed by atoms with Crippen LogP contribution in [-0.2, 0) is 14.6 Å². The van der Waals surface area contributed by atoms with Crippen LogP contribution in [0.1, 0.15) is 34.1 Å². The average molecular weight is 290 g/mol. The smallest absolute Gasteiger partial charge is 0.237 e. The van der Waals surface area contributed by atoms with Crippen molar-refractivity contribution in [2.24, 2.45) is 0 Å². The minimum Gasteiger partial charge on any atom is -0.337 e. The van der Waals surface area contributed by atoms with Gasteiger partial charge in [0, 0.05) is 18.1 Å². The Morgan fingerprint density at radius 3 is 2.11 bits per heavy atom. The summed E-state index contributed by atoms with van der Waals surface area (Å²) in [5, 5.41) is 0. The van der Waals surface area contributed by atoms with E-state index >= 15 is 0 Å². The van der Waals surface area contributed by atoms with Crippen LogP contribution in [0.3, 0.4) is 0 Å². The fourth-order valence-corrected chi connectivity index (χ4v) is 4.52. The number of rotatable bonds is 5. The normalized spacial score (nSPS) is 22.4. The molecule has 1 aliphatic rings. The van der Waals surface area contributed by atoms with Gasteiger partial charge in [0.15, 0.2) is 9.84 Å². The standard InChI is InChI=1S/C13H26N2O3S/c1-10(2)15(11(3)4)13(16)8-14(5)12-6-7-19(17,18)9-12/h10-12H,6-9H2,1-5H3/t12-/m0/s1. The highest BCUT2D eigenvalue weighted by molar-refractivity contribution is 7.91. The van der Waals surface area contributed by atoms with E-state index < -0.39 is 9.84 Å². The van der Waals surface area contributed by atoms with E-state index in [-0.39, 0.29) is 42.1 Å². The molecule has 0 aliphatic carbocycles. The van der Waals surface area contributed by atoms with Crippen LogP contribution < -0.4 is 0 Å². The molecule has 0 aromatic rings.